The van der Waals surface area contributed by atoms with Gasteiger partial charge < -0.3 is 10.6 Å². The number of amides is 1. The smallest absolute Gasteiger partial charge is 0.253 e. The Kier molecular flexibility index (Phi) is 2.80. The molecule has 3 rings (SSSR count). The summed E-state index contributed by atoms with van der Waals surface area (Å²) in [4.78, 5) is 16.8. The maximum absolute atomic E-state index is 12.2. The lowest BCUT2D eigenvalue weighted by atomic mass is 9.89. The summed E-state index contributed by atoms with van der Waals surface area (Å²) in [5.41, 5.74) is 0.756. The predicted octanol–water partition coefficient (Wildman–Crippen LogP) is 0.557. The minimum Gasteiger partial charge on any atom is -0.317 e. The topological polar surface area (TPSA) is 77.3 Å². The van der Waals surface area contributed by atoms with Crippen LogP contribution in [0.2, 0.25) is 0 Å². The number of piperidine rings is 1. The Morgan fingerprint density at radius 1 is 1.32 bits per heavy atom. The summed E-state index contributed by atoms with van der Waals surface area (Å²) in [5.74, 6) is 0.565. The standard InChI is InChI=1S/C14H14N4O/c15-9-10-2-1-3-11(8-10)12-17-13(19)14(18-12)4-6-16-7-5-14/h1-3,8,16H,4-7H2,(H,17,18,19). The first-order chi connectivity index (χ1) is 9.23. The Balaban J connectivity index is 1.96. The van der Waals surface area contributed by atoms with Gasteiger partial charge in [-0.05, 0) is 38.1 Å². The van der Waals surface area contributed by atoms with E-state index in [1.54, 1.807) is 18.2 Å². The van der Waals surface area contributed by atoms with E-state index in [0.717, 1.165) is 31.5 Å². The van der Waals surface area contributed by atoms with Gasteiger partial charge in [-0.2, -0.15) is 5.26 Å². The highest BCUT2D eigenvalue weighted by atomic mass is 16.2. The van der Waals surface area contributed by atoms with Crippen molar-refractivity contribution in [2.24, 2.45) is 4.99 Å². The Morgan fingerprint density at radius 3 is 2.84 bits per heavy atom. The molecule has 0 radical (unpaired) electrons. The molecule has 0 saturated carbocycles. The largest absolute Gasteiger partial charge is 0.317 e. The van der Waals surface area contributed by atoms with Gasteiger partial charge >= 0.3 is 0 Å². The number of carbonyl (C=O) groups is 1. The number of carbonyl (C=O) groups excluding carboxylic acids is 1. The summed E-state index contributed by atoms with van der Waals surface area (Å²) >= 11 is 0. The summed E-state index contributed by atoms with van der Waals surface area (Å²) in [6.45, 7) is 1.62. The second-order valence-electron chi connectivity index (χ2n) is 4.89. The molecule has 5 heteroatoms. The van der Waals surface area contributed by atoms with Gasteiger partial charge in [0.05, 0.1) is 11.6 Å². The highest BCUT2D eigenvalue weighted by Gasteiger charge is 2.44. The molecule has 2 aliphatic heterocycles. The maximum Gasteiger partial charge on any atom is 0.253 e. The van der Waals surface area contributed by atoms with E-state index in [-0.39, 0.29) is 5.91 Å². The summed E-state index contributed by atoms with van der Waals surface area (Å²) in [6, 6.07) is 9.24. The minimum absolute atomic E-state index is 0.0219. The molecule has 1 spiro atoms. The van der Waals surface area contributed by atoms with Crippen molar-refractivity contribution in [3.8, 4) is 6.07 Å². The van der Waals surface area contributed by atoms with E-state index >= 15 is 0 Å². The third-order valence-corrected chi connectivity index (χ3v) is 3.68. The van der Waals surface area contributed by atoms with Gasteiger partial charge in [-0.1, -0.05) is 12.1 Å². The first-order valence-corrected chi connectivity index (χ1v) is 6.36. The monoisotopic (exact) mass is 254 g/mol. The summed E-state index contributed by atoms with van der Waals surface area (Å²) in [6.07, 6.45) is 1.44. The van der Waals surface area contributed by atoms with Crippen LogP contribution in [0.25, 0.3) is 0 Å². The third kappa shape index (κ3) is 2.00. The van der Waals surface area contributed by atoms with Crippen molar-refractivity contribution in [3.63, 3.8) is 0 Å². The Labute approximate surface area is 111 Å². The van der Waals surface area contributed by atoms with Crippen LogP contribution >= 0.6 is 0 Å². The van der Waals surface area contributed by atoms with E-state index in [1.165, 1.54) is 0 Å². The SMILES string of the molecule is N#Cc1cccc(C2=NC3(CCNCC3)C(=O)N2)c1. The molecule has 0 bridgehead atoms. The average molecular weight is 254 g/mol. The molecule has 19 heavy (non-hydrogen) atoms. The van der Waals surface area contributed by atoms with Crippen molar-refractivity contribution in [1.82, 2.24) is 10.6 Å². The lowest BCUT2D eigenvalue weighted by Gasteiger charge is -2.28. The number of hydrogen-bond acceptors (Lipinski definition) is 4. The number of benzene rings is 1. The molecule has 96 valence electrons. The van der Waals surface area contributed by atoms with Gasteiger partial charge in [0.2, 0.25) is 0 Å². The van der Waals surface area contributed by atoms with E-state index < -0.39 is 5.54 Å². The van der Waals surface area contributed by atoms with Crippen LogP contribution in [0.4, 0.5) is 0 Å². The van der Waals surface area contributed by atoms with E-state index in [9.17, 15) is 4.79 Å². The average Bonchev–Trinajstić information content (AvgIpc) is 2.77. The molecule has 1 aromatic rings. The summed E-state index contributed by atoms with van der Waals surface area (Å²) < 4.78 is 0. The van der Waals surface area contributed by atoms with Crippen molar-refractivity contribution in [2.45, 2.75) is 18.4 Å². The maximum atomic E-state index is 12.2. The predicted molar refractivity (Wildman–Crippen MR) is 70.7 cm³/mol. The lowest BCUT2D eigenvalue weighted by molar-refractivity contribution is -0.124. The summed E-state index contributed by atoms with van der Waals surface area (Å²) in [7, 11) is 0. The van der Waals surface area contributed by atoms with Crippen LogP contribution in [0.15, 0.2) is 29.3 Å². The fourth-order valence-electron chi connectivity index (χ4n) is 2.57. The second-order valence-corrected chi connectivity index (χ2v) is 4.89. The number of amidine groups is 1. The molecule has 5 nitrogen and oxygen atoms in total. The van der Waals surface area contributed by atoms with Gasteiger partial charge in [0, 0.05) is 5.56 Å². The van der Waals surface area contributed by atoms with E-state index in [0.29, 0.717) is 11.4 Å². The zero-order valence-electron chi connectivity index (χ0n) is 10.4. The zero-order valence-corrected chi connectivity index (χ0v) is 10.4. The van der Waals surface area contributed by atoms with Crippen molar-refractivity contribution < 1.29 is 4.79 Å². The van der Waals surface area contributed by atoms with Crippen molar-refractivity contribution in [3.05, 3.63) is 35.4 Å². The van der Waals surface area contributed by atoms with Crippen LogP contribution < -0.4 is 10.6 Å². The molecule has 1 fully saturated rings. The molecule has 0 atom stereocenters. The van der Waals surface area contributed by atoms with Gasteiger partial charge in [-0.3, -0.25) is 9.79 Å². The van der Waals surface area contributed by atoms with Crippen LogP contribution in [0.1, 0.15) is 24.0 Å². The molecule has 1 saturated heterocycles. The number of nitrogens with one attached hydrogen (secondary N) is 2. The number of nitriles is 1. The van der Waals surface area contributed by atoms with Gasteiger partial charge in [0.15, 0.2) is 0 Å². The van der Waals surface area contributed by atoms with Crippen LogP contribution in [0.3, 0.4) is 0 Å². The van der Waals surface area contributed by atoms with Crippen molar-refractivity contribution in [2.75, 3.05) is 13.1 Å². The number of nitrogens with zero attached hydrogens (tertiary/aromatic N) is 2. The highest BCUT2D eigenvalue weighted by Crippen LogP contribution is 2.28. The molecule has 0 aliphatic carbocycles. The zero-order chi connectivity index (χ0) is 13.3. The fourth-order valence-corrected chi connectivity index (χ4v) is 2.57. The van der Waals surface area contributed by atoms with Crippen LogP contribution in [0.5, 0.6) is 0 Å². The molecule has 0 aromatic heterocycles. The molecule has 1 aromatic carbocycles. The second kappa shape index (κ2) is 4.48. The fraction of sp³-hybridized carbons (Fsp3) is 0.357. The normalized spacial score (nSPS) is 20.8. The number of aliphatic imine (C=N–C) groups is 1. The van der Waals surface area contributed by atoms with Crippen molar-refractivity contribution in [1.29, 1.82) is 5.26 Å². The highest BCUT2D eigenvalue weighted by molar-refractivity contribution is 6.15. The lowest BCUT2D eigenvalue weighted by Crippen LogP contribution is -2.47. The van der Waals surface area contributed by atoms with Crippen molar-refractivity contribution >= 4 is 11.7 Å². The van der Waals surface area contributed by atoms with Gasteiger partial charge in [-0.25, -0.2) is 0 Å². The first-order valence-electron chi connectivity index (χ1n) is 6.36. The van der Waals surface area contributed by atoms with Crippen LogP contribution in [-0.4, -0.2) is 30.4 Å². The van der Waals surface area contributed by atoms with Gasteiger partial charge in [0.1, 0.15) is 11.4 Å². The first kappa shape index (κ1) is 11.9. The Hall–Kier alpha value is -2.19. The number of rotatable bonds is 1. The quantitative estimate of drug-likeness (QED) is 0.768. The van der Waals surface area contributed by atoms with Gasteiger partial charge in [0.25, 0.3) is 5.91 Å². The van der Waals surface area contributed by atoms with E-state index in [2.05, 4.69) is 21.7 Å². The Morgan fingerprint density at radius 2 is 2.11 bits per heavy atom. The van der Waals surface area contributed by atoms with Crippen LogP contribution in [-0.2, 0) is 4.79 Å². The molecule has 2 N–H and O–H groups in total. The molecule has 0 unspecified atom stereocenters. The third-order valence-electron chi connectivity index (χ3n) is 3.68. The van der Waals surface area contributed by atoms with Crippen LogP contribution in [0, 0.1) is 11.3 Å². The molecular formula is C14H14N4O. The Bertz CT molecular complexity index is 594. The molecular weight excluding hydrogens is 240 g/mol. The van der Waals surface area contributed by atoms with Gasteiger partial charge in [-0.15, -0.1) is 0 Å². The molecule has 2 aliphatic rings. The molecule has 1 amide bonds. The summed E-state index contributed by atoms with van der Waals surface area (Å²) in [5, 5.41) is 15.0. The number of hydrogen-bond donors (Lipinski definition) is 2. The molecule has 2 heterocycles. The van der Waals surface area contributed by atoms with E-state index in [1.807, 2.05) is 6.07 Å². The minimum atomic E-state index is -0.608. The van der Waals surface area contributed by atoms with E-state index in [4.69, 9.17) is 5.26 Å².